The summed E-state index contributed by atoms with van der Waals surface area (Å²) in [5.74, 6) is 1.12. The summed E-state index contributed by atoms with van der Waals surface area (Å²) in [6.45, 7) is 3.65. The predicted octanol–water partition coefficient (Wildman–Crippen LogP) is 1.71. The molecule has 1 aromatic carbocycles. The largest absolute Gasteiger partial charge is 0.445 e. The summed E-state index contributed by atoms with van der Waals surface area (Å²) in [6, 6.07) is 7.50. The van der Waals surface area contributed by atoms with Gasteiger partial charge in [0.15, 0.2) is 0 Å². The Labute approximate surface area is 160 Å². The highest BCUT2D eigenvalue weighted by atomic mass is 16.5. The number of benzene rings is 1. The van der Waals surface area contributed by atoms with Gasteiger partial charge < -0.3 is 21.1 Å². The van der Waals surface area contributed by atoms with Crippen molar-refractivity contribution in [1.82, 2.24) is 10.6 Å². The van der Waals surface area contributed by atoms with Crippen molar-refractivity contribution < 1.29 is 19.1 Å². The van der Waals surface area contributed by atoms with Crippen LogP contribution >= 0.6 is 0 Å². The van der Waals surface area contributed by atoms with Crippen molar-refractivity contribution in [2.45, 2.75) is 51.8 Å². The lowest BCUT2D eigenvalue weighted by Crippen LogP contribution is -2.54. The van der Waals surface area contributed by atoms with Gasteiger partial charge in [0.25, 0.3) is 0 Å². The van der Waals surface area contributed by atoms with Crippen LogP contribution in [0, 0.1) is 18.3 Å². The molecule has 4 N–H and O–H groups in total. The fraction of sp³-hybridized carbons (Fsp3) is 0.450. The van der Waals surface area contributed by atoms with E-state index in [-0.39, 0.29) is 12.5 Å². The van der Waals surface area contributed by atoms with Gasteiger partial charge in [0.1, 0.15) is 18.7 Å². The molecule has 1 aromatic rings. The molecule has 0 aromatic heterocycles. The van der Waals surface area contributed by atoms with Gasteiger partial charge in [-0.1, -0.05) is 44.2 Å². The molecule has 7 nitrogen and oxygen atoms in total. The number of nitrogens with one attached hydrogen (secondary N) is 2. The van der Waals surface area contributed by atoms with E-state index in [1.807, 2.05) is 30.3 Å². The van der Waals surface area contributed by atoms with E-state index in [1.54, 1.807) is 13.8 Å². The van der Waals surface area contributed by atoms with Gasteiger partial charge >= 0.3 is 6.09 Å². The van der Waals surface area contributed by atoms with E-state index in [0.717, 1.165) is 5.56 Å². The number of amides is 3. The minimum absolute atomic E-state index is 0.0924. The Morgan fingerprint density at radius 3 is 2.41 bits per heavy atom. The molecule has 7 heteroatoms. The lowest BCUT2D eigenvalue weighted by Gasteiger charge is -2.24. The maximum Gasteiger partial charge on any atom is 0.408 e. The first kappa shape index (κ1) is 22.0. The Bertz CT molecular complexity index is 668. The van der Waals surface area contributed by atoms with Gasteiger partial charge in [-0.15, -0.1) is 12.3 Å². The number of carbonyl (C=O) groups excluding carboxylic acids is 3. The summed E-state index contributed by atoms with van der Waals surface area (Å²) < 4.78 is 5.15. The Hall–Kier alpha value is -3.01. The molecule has 0 fully saturated rings. The van der Waals surface area contributed by atoms with Crippen LogP contribution in [0.3, 0.4) is 0 Å². The first-order chi connectivity index (χ1) is 12.8. The first-order valence-electron chi connectivity index (χ1n) is 8.85. The first-order valence-corrected chi connectivity index (χ1v) is 8.85. The average Bonchev–Trinajstić information content (AvgIpc) is 2.64. The summed E-state index contributed by atoms with van der Waals surface area (Å²) in [7, 11) is 0. The maximum atomic E-state index is 12.5. The SMILES string of the molecule is C#CCCC[C@H](NC(=O)[C@H](NC(=O)OCc1ccccc1)C(C)C)C(N)=O. The minimum atomic E-state index is -0.859. The van der Waals surface area contributed by atoms with Crippen LogP contribution in [0.25, 0.3) is 0 Å². The van der Waals surface area contributed by atoms with Crippen molar-refractivity contribution in [3.63, 3.8) is 0 Å². The number of terminal acetylenes is 1. The van der Waals surface area contributed by atoms with Gasteiger partial charge in [0.05, 0.1) is 0 Å². The molecule has 0 unspecified atom stereocenters. The van der Waals surface area contributed by atoms with Gasteiger partial charge in [-0.2, -0.15) is 0 Å². The van der Waals surface area contributed by atoms with Gasteiger partial charge in [0.2, 0.25) is 11.8 Å². The van der Waals surface area contributed by atoms with Crippen molar-refractivity contribution in [2.75, 3.05) is 0 Å². The highest BCUT2D eigenvalue weighted by Gasteiger charge is 2.28. The molecule has 0 aliphatic heterocycles. The van der Waals surface area contributed by atoms with E-state index in [2.05, 4.69) is 16.6 Å². The van der Waals surface area contributed by atoms with Crippen molar-refractivity contribution >= 4 is 17.9 Å². The number of rotatable bonds is 10. The van der Waals surface area contributed by atoms with Crippen LogP contribution in [-0.4, -0.2) is 30.0 Å². The second kappa shape index (κ2) is 11.6. The smallest absolute Gasteiger partial charge is 0.408 e. The van der Waals surface area contributed by atoms with E-state index in [4.69, 9.17) is 16.9 Å². The fourth-order valence-corrected chi connectivity index (χ4v) is 2.38. The Morgan fingerprint density at radius 2 is 1.85 bits per heavy atom. The summed E-state index contributed by atoms with van der Waals surface area (Å²) >= 11 is 0. The number of unbranched alkanes of at least 4 members (excludes halogenated alkanes) is 1. The number of carbonyl (C=O) groups is 3. The molecule has 1 rings (SSSR count). The molecule has 0 spiro atoms. The molecule has 0 heterocycles. The predicted molar refractivity (Wildman–Crippen MR) is 102 cm³/mol. The second-order valence-corrected chi connectivity index (χ2v) is 6.49. The number of hydrogen-bond donors (Lipinski definition) is 3. The average molecular weight is 373 g/mol. The topological polar surface area (TPSA) is 111 Å². The van der Waals surface area contributed by atoms with Crippen LogP contribution in [0.4, 0.5) is 4.79 Å². The molecule has 146 valence electrons. The van der Waals surface area contributed by atoms with E-state index < -0.39 is 30.0 Å². The molecule has 0 bridgehead atoms. The van der Waals surface area contributed by atoms with Gasteiger partial charge in [-0.25, -0.2) is 4.79 Å². The lowest BCUT2D eigenvalue weighted by atomic mass is 10.0. The van der Waals surface area contributed by atoms with E-state index in [0.29, 0.717) is 19.3 Å². The van der Waals surface area contributed by atoms with Crippen molar-refractivity contribution in [3.05, 3.63) is 35.9 Å². The van der Waals surface area contributed by atoms with E-state index >= 15 is 0 Å². The van der Waals surface area contributed by atoms with Gasteiger partial charge in [0, 0.05) is 6.42 Å². The Kier molecular flexibility index (Phi) is 9.45. The van der Waals surface area contributed by atoms with E-state index in [9.17, 15) is 14.4 Å². The summed E-state index contributed by atoms with van der Waals surface area (Å²) in [5.41, 5.74) is 6.17. The number of alkyl carbamates (subject to hydrolysis) is 1. The van der Waals surface area contributed by atoms with Crippen LogP contribution in [-0.2, 0) is 20.9 Å². The van der Waals surface area contributed by atoms with Crippen molar-refractivity contribution in [1.29, 1.82) is 0 Å². The highest BCUT2D eigenvalue weighted by molar-refractivity contribution is 5.90. The third-order valence-electron chi connectivity index (χ3n) is 3.91. The number of ether oxygens (including phenoxy) is 1. The number of hydrogen-bond acceptors (Lipinski definition) is 4. The van der Waals surface area contributed by atoms with Crippen LogP contribution in [0.2, 0.25) is 0 Å². The molecular formula is C20H27N3O4. The molecule has 0 saturated heterocycles. The number of nitrogens with two attached hydrogens (primary N) is 1. The third kappa shape index (κ3) is 8.27. The van der Waals surface area contributed by atoms with Crippen molar-refractivity contribution in [2.24, 2.45) is 11.7 Å². The normalized spacial score (nSPS) is 12.5. The van der Waals surface area contributed by atoms with Gasteiger partial charge in [-0.3, -0.25) is 9.59 Å². The summed E-state index contributed by atoms with van der Waals surface area (Å²) in [4.78, 5) is 36.1. The van der Waals surface area contributed by atoms with Crippen LogP contribution in [0.15, 0.2) is 30.3 Å². The molecule has 2 atom stereocenters. The summed E-state index contributed by atoms with van der Waals surface area (Å²) in [6.07, 6.45) is 5.86. The zero-order chi connectivity index (χ0) is 20.2. The quantitative estimate of drug-likeness (QED) is 0.428. The van der Waals surface area contributed by atoms with Crippen LogP contribution in [0.5, 0.6) is 0 Å². The molecule has 3 amide bonds. The van der Waals surface area contributed by atoms with Crippen molar-refractivity contribution in [3.8, 4) is 12.3 Å². The molecule has 0 aliphatic rings. The zero-order valence-corrected chi connectivity index (χ0v) is 15.7. The molecule has 0 aliphatic carbocycles. The van der Waals surface area contributed by atoms with Crippen LogP contribution in [0.1, 0.15) is 38.7 Å². The fourth-order valence-electron chi connectivity index (χ4n) is 2.38. The maximum absolute atomic E-state index is 12.5. The number of primary amides is 1. The molecule has 0 radical (unpaired) electrons. The Balaban J connectivity index is 2.61. The standard InChI is InChI=1S/C20H27N3O4/c1-4-5-7-12-16(18(21)24)22-19(25)17(14(2)3)23-20(26)27-13-15-10-8-6-9-11-15/h1,6,8-11,14,16-17H,5,7,12-13H2,2-3H3,(H2,21,24)(H,22,25)(H,23,26)/t16-,17+/m0/s1. The highest BCUT2D eigenvalue weighted by Crippen LogP contribution is 2.07. The minimum Gasteiger partial charge on any atom is -0.445 e. The third-order valence-corrected chi connectivity index (χ3v) is 3.91. The summed E-state index contributed by atoms with van der Waals surface area (Å²) in [5, 5.41) is 5.12. The van der Waals surface area contributed by atoms with E-state index in [1.165, 1.54) is 0 Å². The zero-order valence-electron chi connectivity index (χ0n) is 15.7. The Morgan fingerprint density at radius 1 is 1.19 bits per heavy atom. The molecular weight excluding hydrogens is 346 g/mol. The van der Waals surface area contributed by atoms with Gasteiger partial charge in [-0.05, 0) is 24.3 Å². The lowest BCUT2D eigenvalue weighted by molar-refractivity contribution is -0.129. The monoisotopic (exact) mass is 373 g/mol. The van der Waals surface area contributed by atoms with Crippen LogP contribution < -0.4 is 16.4 Å². The molecule has 27 heavy (non-hydrogen) atoms. The molecule has 0 saturated carbocycles. The second-order valence-electron chi connectivity index (χ2n) is 6.49.